The van der Waals surface area contributed by atoms with Crippen molar-refractivity contribution in [2.24, 2.45) is 11.8 Å². The largest absolute Gasteiger partial charge is 0.393 e. The lowest BCUT2D eigenvalue weighted by atomic mass is 9.77. The summed E-state index contributed by atoms with van der Waals surface area (Å²) in [6.07, 6.45) is 5.96. The fourth-order valence-corrected chi connectivity index (χ4v) is 4.03. The van der Waals surface area contributed by atoms with Crippen LogP contribution >= 0.6 is 11.3 Å². The molecule has 19 heavy (non-hydrogen) atoms. The highest BCUT2D eigenvalue weighted by Gasteiger charge is 2.29. The Morgan fingerprint density at radius 3 is 2.95 bits per heavy atom. The first-order valence-corrected chi connectivity index (χ1v) is 8.51. The van der Waals surface area contributed by atoms with Crippen LogP contribution in [0.2, 0.25) is 0 Å². The molecule has 0 saturated heterocycles. The van der Waals surface area contributed by atoms with Crippen molar-refractivity contribution in [1.29, 1.82) is 0 Å². The quantitative estimate of drug-likeness (QED) is 0.858. The molecule has 2 rings (SSSR count). The molecule has 0 aliphatic heterocycles. The van der Waals surface area contributed by atoms with Gasteiger partial charge in [0.25, 0.3) is 0 Å². The van der Waals surface area contributed by atoms with Crippen LogP contribution in [0.5, 0.6) is 0 Å². The molecule has 0 spiro atoms. The molecule has 2 nitrogen and oxygen atoms in total. The topological polar surface area (TPSA) is 23.5 Å². The first-order valence-electron chi connectivity index (χ1n) is 7.56. The fraction of sp³-hybridized carbons (Fsp3) is 0.750. The molecule has 1 saturated carbocycles. The van der Waals surface area contributed by atoms with E-state index in [1.807, 2.05) is 0 Å². The molecule has 1 aromatic rings. The third kappa shape index (κ3) is 4.59. The Kier molecular flexibility index (Phi) is 5.86. The summed E-state index contributed by atoms with van der Waals surface area (Å²) in [5.41, 5.74) is 1.39. The van der Waals surface area contributed by atoms with E-state index in [9.17, 15) is 5.11 Å². The number of thiophene rings is 1. The summed E-state index contributed by atoms with van der Waals surface area (Å²) in [4.78, 5) is 2.37. The van der Waals surface area contributed by atoms with E-state index in [-0.39, 0.29) is 6.10 Å². The van der Waals surface area contributed by atoms with Crippen molar-refractivity contribution in [1.82, 2.24) is 4.90 Å². The van der Waals surface area contributed by atoms with Gasteiger partial charge in [0.15, 0.2) is 0 Å². The molecule has 0 radical (unpaired) electrons. The van der Waals surface area contributed by atoms with E-state index in [2.05, 4.69) is 35.7 Å². The molecule has 0 aromatic carbocycles. The predicted octanol–water partition coefficient (Wildman–Crippen LogP) is 3.76. The SMILES string of the molecule is CCCC1CCC(O)C(CN(C)Cc2ccsc2)C1. The maximum absolute atomic E-state index is 10.2. The Labute approximate surface area is 121 Å². The predicted molar refractivity (Wildman–Crippen MR) is 82.4 cm³/mol. The van der Waals surface area contributed by atoms with E-state index in [4.69, 9.17) is 0 Å². The third-order valence-corrected chi connectivity index (χ3v) is 5.06. The molecule has 108 valence electrons. The molecule has 0 bridgehead atoms. The molecule has 1 heterocycles. The summed E-state index contributed by atoms with van der Waals surface area (Å²) >= 11 is 1.76. The molecule has 3 atom stereocenters. The zero-order chi connectivity index (χ0) is 13.7. The lowest BCUT2D eigenvalue weighted by Gasteiger charge is -2.35. The van der Waals surface area contributed by atoms with E-state index >= 15 is 0 Å². The fourth-order valence-electron chi connectivity index (χ4n) is 3.37. The van der Waals surface area contributed by atoms with Crippen LogP contribution in [-0.2, 0) is 6.54 Å². The number of aliphatic hydroxyl groups excluding tert-OH is 1. The summed E-state index contributed by atoms with van der Waals surface area (Å²) in [6, 6.07) is 2.19. The standard InChI is InChI=1S/C16H27NOS/c1-3-4-13-5-6-16(18)15(9-13)11-17(2)10-14-7-8-19-12-14/h7-8,12-13,15-16,18H,3-6,9-11H2,1-2H3. The van der Waals surface area contributed by atoms with E-state index in [0.29, 0.717) is 5.92 Å². The van der Waals surface area contributed by atoms with Gasteiger partial charge >= 0.3 is 0 Å². The molecular weight excluding hydrogens is 254 g/mol. The van der Waals surface area contributed by atoms with Crippen LogP contribution < -0.4 is 0 Å². The Morgan fingerprint density at radius 1 is 1.42 bits per heavy atom. The second kappa shape index (κ2) is 7.41. The van der Waals surface area contributed by atoms with Gasteiger partial charge in [0.1, 0.15) is 0 Å². The first kappa shape index (κ1) is 15.0. The number of aliphatic hydroxyl groups is 1. The maximum atomic E-state index is 10.2. The maximum Gasteiger partial charge on any atom is 0.0580 e. The second-order valence-corrected chi connectivity index (χ2v) is 6.90. The van der Waals surface area contributed by atoms with Crippen LogP contribution in [0, 0.1) is 11.8 Å². The van der Waals surface area contributed by atoms with Gasteiger partial charge in [-0.2, -0.15) is 11.3 Å². The Hall–Kier alpha value is -0.380. The molecular formula is C16H27NOS. The number of hydrogen-bond donors (Lipinski definition) is 1. The summed E-state index contributed by atoms with van der Waals surface area (Å²) in [6.45, 7) is 4.30. The number of rotatable bonds is 6. The minimum absolute atomic E-state index is 0.0852. The average molecular weight is 281 g/mol. The lowest BCUT2D eigenvalue weighted by molar-refractivity contribution is 0.0288. The van der Waals surface area contributed by atoms with E-state index < -0.39 is 0 Å². The van der Waals surface area contributed by atoms with Gasteiger partial charge in [-0.05, 0) is 60.5 Å². The zero-order valence-electron chi connectivity index (χ0n) is 12.2. The van der Waals surface area contributed by atoms with Crippen LogP contribution in [0.15, 0.2) is 16.8 Å². The molecule has 3 unspecified atom stereocenters. The smallest absolute Gasteiger partial charge is 0.0580 e. The molecule has 0 amide bonds. The minimum Gasteiger partial charge on any atom is -0.393 e. The van der Waals surface area contributed by atoms with Crippen LogP contribution in [-0.4, -0.2) is 29.7 Å². The van der Waals surface area contributed by atoms with Gasteiger partial charge in [-0.15, -0.1) is 0 Å². The van der Waals surface area contributed by atoms with Crippen molar-refractivity contribution in [2.75, 3.05) is 13.6 Å². The Balaban J connectivity index is 1.82. The van der Waals surface area contributed by atoms with Crippen LogP contribution in [0.25, 0.3) is 0 Å². The van der Waals surface area contributed by atoms with Gasteiger partial charge in [0, 0.05) is 13.1 Å². The molecule has 1 aromatic heterocycles. The highest BCUT2D eigenvalue weighted by molar-refractivity contribution is 7.07. The van der Waals surface area contributed by atoms with E-state index in [0.717, 1.165) is 25.4 Å². The van der Waals surface area contributed by atoms with Gasteiger partial charge < -0.3 is 10.0 Å². The van der Waals surface area contributed by atoms with Crippen LogP contribution in [0.3, 0.4) is 0 Å². The van der Waals surface area contributed by atoms with Crippen molar-refractivity contribution < 1.29 is 5.11 Å². The highest BCUT2D eigenvalue weighted by atomic mass is 32.1. The van der Waals surface area contributed by atoms with Crippen molar-refractivity contribution >= 4 is 11.3 Å². The van der Waals surface area contributed by atoms with Gasteiger partial charge in [0.2, 0.25) is 0 Å². The van der Waals surface area contributed by atoms with Crippen molar-refractivity contribution in [3.05, 3.63) is 22.4 Å². The van der Waals surface area contributed by atoms with Crippen molar-refractivity contribution in [3.8, 4) is 0 Å². The second-order valence-electron chi connectivity index (χ2n) is 6.12. The zero-order valence-corrected chi connectivity index (χ0v) is 13.0. The summed E-state index contributed by atoms with van der Waals surface area (Å²) in [7, 11) is 2.17. The molecule has 1 N–H and O–H groups in total. The van der Waals surface area contributed by atoms with E-state index in [1.165, 1.54) is 31.2 Å². The Bertz CT molecular complexity index is 352. The normalized spacial score (nSPS) is 27.9. The highest BCUT2D eigenvalue weighted by Crippen LogP contribution is 2.32. The summed E-state index contributed by atoms with van der Waals surface area (Å²) in [5, 5.41) is 14.6. The molecule has 3 heteroatoms. The van der Waals surface area contributed by atoms with Crippen LogP contribution in [0.1, 0.15) is 44.6 Å². The number of nitrogens with zero attached hydrogens (tertiary/aromatic N) is 1. The molecule has 1 aliphatic rings. The van der Waals surface area contributed by atoms with Gasteiger partial charge in [-0.3, -0.25) is 0 Å². The monoisotopic (exact) mass is 281 g/mol. The van der Waals surface area contributed by atoms with Crippen molar-refractivity contribution in [3.63, 3.8) is 0 Å². The van der Waals surface area contributed by atoms with E-state index in [1.54, 1.807) is 11.3 Å². The Morgan fingerprint density at radius 2 is 2.26 bits per heavy atom. The van der Waals surface area contributed by atoms with Crippen LogP contribution in [0.4, 0.5) is 0 Å². The van der Waals surface area contributed by atoms with Gasteiger partial charge in [-0.25, -0.2) is 0 Å². The molecule has 1 aliphatic carbocycles. The first-order chi connectivity index (χ1) is 9.19. The van der Waals surface area contributed by atoms with Gasteiger partial charge in [0.05, 0.1) is 6.10 Å². The summed E-state index contributed by atoms with van der Waals surface area (Å²) in [5.74, 6) is 1.31. The average Bonchev–Trinajstić information content (AvgIpc) is 2.86. The number of hydrogen-bond acceptors (Lipinski definition) is 3. The molecule has 1 fully saturated rings. The third-order valence-electron chi connectivity index (χ3n) is 4.33. The minimum atomic E-state index is -0.0852. The lowest BCUT2D eigenvalue weighted by Crippen LogP contribution is -2.37. The van der Waals surface area contributed by atoms with Gasteiger partial charge in [-0.1, -0.05) is 19.8 Å². The summed E-state index contributed by atoms with van der Waals surface area (Å²) < 4.78 is 0. The van der Waals surface area contributed by atoms with Crippen molar-refractivity contribution in [2.45, 2.75) is 51.7 Å².